The van der Waals surface area contributed by atoms with Crippen LogP contribution < -0.4 is 5.10 Å². The van der Waals surface area contributed by atoms with Crippen LogP contribution in [0.5, 0.6) is 0 Å². The van der Waals surface area contributed by atoms with Crippen molar-refractivity contribution in [3.05, 3.63) is 17.5 Å². The zero-order valence-electron chi connectivity index (χ0n) is 20.1. The molecule has 0 atom stereocenters. The van der Waals surface area contributed by atoms with Gasteiger partial charge in [-0.25, -0.2) is 0 Å². The maximum absolute atomic E-state index is 11.7. The first-order valence-electron chi connectivity index (χ1n) is 8.86. The molecule has 0 unspecified atom stereocenters. The monoisotopic (exact) mass is 614 g/mol. The summed E-state index contributed by atoms with van der Waals surface area (Å²) in [5, 5.41) is 4.72. The molecular weight excluding hydrogens is 573 g/mol. The van der Waals surface area contributed by atoms with Gasteiger partial charge in [-0.2, -0.15) is 26.3 Å². The number of halogens is 6. The normalized spacial score (nSPS) is 10.6. The van der Waals surface area contributed by atoms with Crippen LogP contribution in [0.3, 0.4) is 0 Å². The molecule has 30 heavy (non-hydrogen) atoms. The molecule has 0 fully saturated rings. The molecule has 1 radical (unpaired) electrons. The molecule has 1 aromatic heterocycles. The Kier molecular flexibility index (Phi) is 30.3. The largest absolute Gasteiger partial charge is 0.571 e. The number of aromatic nitrogens is 2. The van der Waals surface area contributed by atoms with Gasteiger partial charge in [0.1, 0.15) is 5.69 Å². The molecule has 0 saturated carbocycles. The first-order chi connectivity index (χ1) is 12.6. The quantitative estimate of drug-likeness (QED) is 0.191. The van der Waals surface area contributed by atoms with Gasteiger partial charge in [-0.3, -0.25) is 0 Å². The molecule has 0 bridgehead atoms. The fourth-order valence-electron chi connectivity index (χ4n) is 0.572. The number of hydrogen-bond donors (Lipinski definition) is 0. The Balaban J connectivity index is -0.000000102. The summed E-state index contributed by atoms with van der Waals surface area (Å²) in [7, 11) is 0.481. The smallest absolute Gasteiger partial charge is 0.431 e. The van der Waals surface area contributed by atoms with Crippen LogP contribution >= 0.6 is 31.7 Å². The van der Waals surface area contributed by atoms with Crippen LogP contribution in [0, 0.1) is 0 Å². The first-order valence-corrected chi connectivity index (χ1v) is 20.9. The van der Waals surface area contributed by atoms with E-state index < -0.39 is 23.7 Å². The van der Waals surface area contributed by atoms with Gasteiger partial charge in [0.25, 0.3) is 0 Å². The summed E-state index contributed by atoms with van der Waals surface area (Å²) in [6, 6.07) is -0.139. The predicted molar refractivity (Wildman–Crippen MR) is 132 cm³/mol. The predicted octanol–water partition coefficient (Wildman–Crippen LogP) is 6.43. The number of hydrogen-bond acceptors (Lipinski definition) is 1. The van der Waals surface area contributed by atoms with Gasteiger partial charge in [0, 0.05) is 99.5 Å². The first kappa shape index (κ1) is 41.4. The number of alkyl halides is 6. The summed E-state index contributed by atoms with van der Waals surface area (Å²) in [6.45, 7) is 27.2. The molecule has 0 aliphatic heterocycles. The van der Waals surface area contributed by atoms with Crippen molar-refractivity contribution >= 4 is 31.7 Å². The van der Waals surface area contributed by atoms with E-state index in [0.717, 1.165) is 0 Å². The number of rotatable bonds is 0. The van der Waals surface area contributed by atoms with Crippen molar-refractivity contribution in [2.45, 2.75) is 12.4 Å². The van der Waals surface area contributed by atoms with E-state index in [1.54, 1.807) is 0 Å². The average Bonchev–Trinajstić information content (AvgIpc) is 2.83. The SMILES string of the molecule is C[PH+](C)C.C[PH+](C)C.C[PH+](C)C.C[PH+](C)C.FC(F)(F)c1cc(C(F)(F)F)[n-]n1.[Rh]. The van der Waals surface area contributed by atoms with E-state index in [4.69, 9.17) is 0 Å². The Morgan fingerprint density at radius 3 is 0.933 bits per heavy atom. The summed E-state index contributed by atoms with van der Waals surface area (Å²) < 4.78 is 70.3. The van der Waals surface area contributed by atoms with Crippen molar-refractivity contribution < 1.29 is 45.8 Å². The van der Waals surface area contributed by atoms with E-state index in [1.807, 2.05) is 0 Å². The Bertz CT molecular complexity index is 416. The van der Waals surface area contributed by atoms with Crippen LogP contribution in [0.1, 0.15) is 11.4 Å². The third-order valence-corrected chi connectivity index (χ3v) is 1.12. The fraction of sp³-hybridized carbons (Fsp3) is 0.824. The van der Waals surface area contributed by atoms with Crippen molar-refractivity contribution in [1.82, 2.24) is 10.2 Å². The Morgan fingerprint density at radius 2 is 0.833 bits per heavy atom. The van der Waals surface area contributed by atoms with Gasteiger partial charge in [0.15, 0.2) is 0 Å². The minimum atomic E-state index is -4.89. The van der Waals surface area contributed by atoms with Gasteiger partial charge in [-0.05, 0) is 43.4 Å². The second kappa shape index (κ2) is 22.0. The zero-order valence-corrected chi connectivity index (χ0v) is 25.7. The van der Waals surface area contributed by atoms with Gasteiger partial charge in [-0.15, -0.1) is 0 Å². The molecular formula is C17H41F6N2P4Rh+3. The van der Waals surface area contributed by atoms with Crippen molar-refractivity contribution in [3.63, 3.8) is 0 Å². The molecule has 1 heterocycles. The van der Waals surface area contributed by atoms with Crippen molar-refractivity contribution in [2.24, 2.45) is 0 Å². The molecule has 1 rings (SSSR count). The van der Waals surface area contributed by atoms with E-state index in [-0.39, 0.29) is 57.2 Å². The summed E-state index contributed by atoms with van der Waals surface area (Å²) in [4.78, 5) is 0. The van der Waals surface area contributed by atoms with E-state index in [2.05, 4.69) is 90.2 Å². The van der Waals surface area contributed by atoms with Crippen molar-refractivity contribution in [3.8, 4) is 0 Å². The standard InChI is InChI=1S/C5HF6N2.4C3H9P.Rh/c6-4(7,8)2-1-3(13-12-2)5(9,10)11;4*1-4(2)3;/h1H;4*1-3H3;/q-1;;;;;/p+4. The van der Waals surface area contributed by atoms with Crippen LogP contribution in [0.2, 0.25) is 0 Å². The Labute approximate surface area is 197 Å². The van der Waals surface area contributed by atoms with E-state index in [1.165, 1.54) is 0 Å². The van der Waals surface area contributed by atoms with Crippen LogP contribution in [-0.4, -0.2) is 85.1 Å². The van der Waals surface area contributed by atoms with Crippen molar-refractivity contribution in [1.29, 1.82) is 0 Å². The molecule has 0 aromatic carbocycles. The third kappa shape index (κ3) is 47.1. The van der Waals surface area contributed by atoms with Crippen LogP contribution in [0.15, 0.2) is 6.07 Å². The maximum Gasteiger partial charge on any atom is 0.431 e. The molecule has 187 valence electrons. The molecule has 0 aliphatic carbocycles. The van der Waals surface area contributed by atoms with E-state index in [0.29, 0.717) is 0 Å². The van der Waals surface area contributed by atoms with Gasteiger partial charge in [0.2, 0.25) is 0 Å². The minimum absolute atomic E-state index is 0. The molecule has 2 nitrogen and oxygen atoms in total. The molecule has 0 spiro atoms. The fourth-order valence-corrected chi connectivity index (χ4v) is 0.572. The molecule has 0 N–H and O–H groups in total. The third-order valence-electron chi connectivity index (χ3n) is 1.12. The number of nitrogens with zero attached hydrogens (tertiary/aromatic N) is 2. The van der Waals surface area contributed by atoms with Crippen LogP contribution in [-0.2, 0) is 31.8 Å². The van der Waals surface area contributed by atoms with Gasteiger partial charge >= 0.3 is 12.4 Å². The molecule has 1 aromatic rings. The molecule has 0 saturated heterocycles. The minimum Gasteiger partial charge on any atom is -0.571 e. The molecule has 13 heteroatoms. The second-order valence-corrected chi connectivity index (χ2v) is 20.1. The zero-order chi connectivity index (χ0) is 24.6. The van der Waals surface area contributed by atoms with E-state index >= 15 is 0 Å². The van der Waals surface area contributed by atoms with Gasteiger partial charge in [0.05, 0.1) is 0 Å². The maximum atomic E-state index is 11.7. The average molecular weight is 614 g/mol. The summed E-state index contributed by atoms with van der Waals surface area (Å²) in [5.41, 5.74) is -3.28. The summed E-state index contributed by atoms with van der Waals surface area (Å²) >= 11 is 0. The van der Waals surface area contributed by atoms with Gasteiger partial charge < -0.3 is 10.2 Å². The topological polar surface area (TPSA) is 27.0 Å². The second-order valence-electron chi connectivity index (χ2n) is 8.11. The Hall–Kier alpha value is 1.13. The van der Waals surface area contributed by atoms with Crippen LogP contribution in [0.25, 0.3) is 0 Å². The molecule has 0 aliphatic rings. The Morgan fingerprint density at radius 1 is 0.600 bits per heavy atom. The van der Waals surface area contributed by atoms with E-state index in [9.17, 15) is 26.3 Å². The molecule has 0 amide bonds. The van der Waals surface area contributed by atoms with Crippen LogP contribution in [0.4, 0.5) is 26.3 Å². The van der Waals surface area contributed by atoms with Gasteiger partial charge in [-0.1, -0.05) is 0 Å². The summed E-state index contributed by atoms with van der Waals surface area (Å²) in [6.07, 6.45) is -9.78. The van der Waals surface area contributed by atoms with Crippen molar-refractivity contribution in [2.75, 3.05) is 80.0 Å². The summed E-state index contributed by atoms with van der Waals surface area (Å²) in [5.74, 6) is 0.